The van der Waals surface area contributed by atoms with E-state index in [2.05, 4.69) is 32.7 Å². The van der Waals surface area contributed by atoms with Crippen LogP contribution in [0.25, 0.3) is 0 Å². The van der Waals surface area contributed by atoms with Gasteiger partial charge >= 0.3 is 0 Å². The van der Waals surface area contributed by atoms with E-state index in [-0.39, 0.29) is 0 Å². The van der Waals surface area contributed by atoms with E-state index in [0.29, 0.717) is 0 Å². The first-order chi connectivity index (χ1) is 5.70. The Kier molecular flexibility index (Phi) is 2.85. The molecule has 0 fully saturated rings. The van der Waals surface area contributed by atoms with Crippen molar-refractivity contribution in [3.8, 4) is 0 Å². The Hall–Kier alpha value is -0.850. The molecule has 0 aliphatic carbocycles. The fourth-order valence-electron chi connectivity index (χ4n) is 1.72. The Morgan fingerprint density at radius 1 is 1.17 bits per heavy atom. The van der Waals surface area contributed by atoms with Crippen molar-refractivity contribution in [2.24, 2.45) is 0 Å². The summed E-state index contributed by atoms with van der Waals surface area (Å²) in [5.41, 5.74) is 5.44. The van der Waals surface area contributed by atoms with E-state index in [1.807, 2.05) is 6.20 Å². The first-order valence-corrected chi connectivity index (χ1v) is 4.64. The molecule has 0 saturated heterocycles. The second kappa shape index (κ2) is 3.70. The molecule has 0 aromatic carbocycles. The Balaban J connectivity index is 3.24. The zero-order valence-corrected chi connectivity index (χ0v) is 8.44. The van der Waals surface area contributed by atoms with Crippen LogP contribution in [0, 0.1) is 13.8 Å². The number of nitrogens with zero attached hydrogens (tertiary/aromatic N) is 1. The molecule has 1 aromatic heterocycles. The molecule has 0 aliphatic rings. The largest absolute Gasteiger partial charge is 0.261 e. The molecule has 0 atom stereocenters. The van der Waals surface area contributed by atoms with Crippen molar-refractivity contribution in [2.75, 3.05) is 0 Å². The van der Waals surface area contributed by atoms with Crippen LogP contribution in [0.4, 0.5) is 0 Å². The zero-order valence-electron chi connectivity index (χ0n) is 8.44. The third kappa shape index (κ3) is 1.50. The molecule has 0 aliphatic heterocycles. The molecule has 1 rings (SSSR count). The lowest BCUT2D eigenvalue weighted by molar-refractivity contribution is 0.955. The molecule has 1 heteroatoms. The van der Waals surface area contributed by atoms with Crippen LogP contribution in [0.2, 0.25) is 0 Å². The van der Waals surface area contributed by atoms with Crippen LogP contribution >= 0.6 is 0 Å². The van der Waals surface area contributed by atoms with E-state index < -0.39 is 0 Å². The summed E-state index contributed by atoms with van der Waals surface area (Å²) in [6.45, 7) is 8.68. The van der Waals surface area contributed by atoms with Gasteiger partial charge in [-0.2, -0.15) is 0 Å². The molecular weight excluding hydrogens is 146 g/mol. The molecule has 0 N–H and O–H groups in total. The first kappa shape index (κ1) is 9.24. The van der Waals surface area contributed by atoms with Crippen molar-refractivity contribution in [2.45, 2.75) is 40.5 Å². The second-order valence-electron chi connectivity index (χ2n) is 3.20. The summed E-state index contributed by atoms with van der Waals surface area (Å²) in [5.74, 6) is 0. The summed E-state index contributed by atoms with van der Waals surface area (Å²) in [4.78, 5) is 4.40. The predicted octanol–water partition coefficient (Wildman–Crippen LogP) is 2.82. The minimum atomic E-state index is 1.04. The number of pyridine rings is 1. The molecule has 12 heavy (non-hydrogen) atoms. The summed E-state index contributed by atoms with van der Waals surface area (Å²) >= 11 is 0. The van der Waals surface area contributed by atoms with Gasteiger partial charge in [0.2, 0.25) is 0 Å². The maximum Gasteiger partial charge on any atom is 0.0432 e. The number of hydrogen-bond donors (Lipinski definition) is 0. The van der Waals surface area contributed by atoms with Crippen LogP contribution in [0.15, 0.2) is 6.20 Å². The number of hydrogen-bond acceptors (Lipinski definition) is 1. The highest BCUT2D eigenvalue weighted by atomic mass is 14.7. The highest BCUT2D eigenvalue weighted by Crippen LogP contribution is 2.16. The molecule has 1 heterocycles. The maximum atomic E-state index is 4.40. The summed E-state index contributed by atoms with van der Waals surface area (Å²) in [6, 6.07) is 0. The predicted molar refractivity (Wildman–Crippen MR) is 52.5 cm³/mol. The molecule has 0 amide bonds. The van der Waals surface area contributed by atoms with Crippen molar-refractivity contribution in [1.82, 2.24) is 4.98 Å². The Bertz CT molecular complexity index is 277. The normalized spacial score (nSPS) is 10.3. The summed E-state index contributed by atoms with van der Waals surface area (Å²) in [6.07, 6.45) is 4.15. The standard InChI is InChI=1S/C11H17N/c1-5-10-8(3)7-12-11(6-2)9(10)4/h7H,5-6H2,1-4H3. The monoisotopic (exact) mass is 163 g/mol. The van der Waals surface area contributed by atoms with E-state index in [1.165, 1.54) is 22.4 Å². The zero-order chi connectivity index (χ0) is 9.14. The van der Waals surface area contributed by atoms with Gasteiger partial charge in [0.25, 0.3) is 0 Å². The van der Waals surface area contributed by atoms with Gasteiger partial charge in [0.15, 0.2) is 0 Å². The number of rotatable bonds is 2. The van der Waals surface area contributed by atoms with E-state index >= 15 is 0 Å². The minimum Gasteiger partial charge on any atom is -0.261 e. The Morgan fingerprint density at radius 2 is 1.83 bits per heavy atom. The molecular formula is C11H17N. The lowest BCUT2D eigenvalue weighted by Crippen LogP contribution is -1.99. The maximum absolute atomic E-state index is 4.40. The molecule has 0 saturated carbocycles. The van der Waals surface area contributed by atoms with Crippen molar-refractivity contribution >= 4 is 0 Å². The Labute approximate surface area is 74.8 Å². The van der Waals surface area contributed by atoms with Crippen molar-refractivity contribution in [3.63, 3.8) is 0 Å². The third-order valence-corrected chi connectivity index (χ3v) is 2.46. The summed E-state index contributed by atoms with van der Waals surface area (Å²) < 4.78 is 0. The van der Waals surface area contributed by atoms with Crippen molar-refractivity contribution in [1.29, 1.82) is 0 Å². The van der Waals surface area contributed by atoms with Crippen LogP contribution in [0.1, 0.15) is 36.2 Å². The van der Waals surface area contributed by atoms with E-state index in [0.717, 1.165) is 12.8 Å². The van der Waals surface area contributed by atoms with E-state index in [1.54, 1.807) is 0 Å². The lowest BCUT2D eigenvalue weighted by Gasteiger charge is -2.10. The van der Waals surface area contributed by atoms with Gasteiger partial charge in [0.05, 0.1) is 0 Å². The molecule has 66 valence electrons. The van der Waals surface area contributed by atoms with Crippen LogP contribution in [-0.2, 0) is 12.8 Å². The van der Waals surface area contributed by atoms with Crippen LogP contribution in [-0.4, -0.2) is 4.98 Å². The highest BCUT2D eigenvalue weighted by Gasteiger charge is 2.04. The van der Waals surface area contributed by atoms with E-state index in [9.17, 15) is 0 Å². The summed E-state index contributed by atoms with van der Waals surface area (Å²) in [5, 5.41) is 0. The Morgan fingerprint density at radius 3 is 2.33 bits per heavy atom. The fraction of sp³-hybridized carbons (Fsp3) is 0.545. The van der Waals surface area contributed by atoms with Gasteiger partial charge < -0.3 is 0 Å². The van der Waals surface area contributed by atoms with Gasteiger partial charge in [0.1, 0.15) is 0 Å². The number of aromatic nitrogens is 1. The quantitative estimate of drug-likeness (QED) is 0.653. The molecule has 0 unspecified atom stereocenters. The van der Waals surface area contributed by atoms with E-state index in [4.69, 9.17) is 0 Å². The first-order valence-electron chi connectivity index (χ1n) is 4.64. The van der Waals surface area contributed by atoms with Gasteiger partial charge in [-0.25, -0.2) is 0 Å². The average molecular weight is 163 g/mol. The van der Waals surface area contributed by atoms with Gasteiger partial charge in [0, 0.05) is 11.9 Å². The lowest BCUT2D eigenvalue weighted by atomic mass is 10.0. The highest BCUT2D eigenvalue weighted by molar-refractivity contribution is 5.34. The van der Waals surface area contributed by atoms with Crippen LogP contribution in [0.5, 0.6) is 0 Å². The molecule has 0 spiro atoms. The fourth-order valence-corrected chi connectivity index (χ4v) is 1.72. The smallest absolute Gasteiger partial charge is 0.0432 e. The van der Waals surface area contributed by atoms with Gasteiger partial charge in [-0.3, -0.25) is 4.98 Å². The SMILES string of the molecule is CCc1ncc(C)c(CC)c1C. The van der Waals surface area contributed by atoms with Gasteiger partial charge in [-0.05, 0) is 43.4 Å². The third-order valence-electron chi connectivity index (χ3n) is 2.46. The number of aryl methyl sites for hydroxylation is 2. The second-order valence-corrected chi connectivity index (χ2v) is 3.20. The minimum absolute atomic E-state index is 1.04. The summed E-state index contributed by atoms with van der Waals surface area (Å²) in [7, 11) is 0. The van der Waals surface area contributed by atoms with Gasteiger partial charge in [-0.1, -0.05) is 13.8 Å². The van der Waals surface area contributed by atoms with Gasteiger partial charge in [-0.15, -0.1) is 0 Å². The van der Waals surface area contributed by atoms with Crippen LogP contribution in [0.3, 0.4) is 0 Å². The van der Waals surface area contributed by atoms with Crippen molar-refractivity contribution < 1.29 is 0 Å². The average Bonchev–Trinajstić information content (AvgIpc) is 2.06. The molecule has 0 radical (unpaired) electrons. The van der Waals surface area contributed by atoms with Crippen molar-refractivity contribution in [3.05, 3.63) is 28.6 Å². The molecule has 0 bridgehead atoms. The topological polar surface area (TPSA) is 12.9 Å². The molecule has 1 aromatic rings. The molecule has 1 nitrogen and oxygen atoms in total. The van der Waals surface area contributed by atoms with Crippen LogP contribution < -0.4 is 0 Å².